The Morgan fingerprint density at radius 1 is 1.47 bits per heavy atom. The third kappa shape index (κ3) is 2.79. The van der Waals surface area contributed by atoms with Crippen LogP contribution in [0, 0.1) is 6.92 Å². The van der Waals surface area contributed by atoms with Crippen molar-refractivity contribution in [1.82, 2.24) is 14.5 Å². The zero-order chi connectivity index (χ0) is 14.0. The first-order chi connectivity index (χ1) is 9.00. The second kappa shape index (κ2) is 5.78. The lowest BCUT2D eigenvalue weighted by Gasteiger charge is -2.29. The maximum Gasteiger partial charge on any atom is 0.262 e. The lowest BCUT2D eigenvalue weighted by molar-refractivity contribution is 0.0604. The molecular formula is C11H18ClN3O3S. The molecule has 1 aromatic heterocycles. The minimum absolute atomic E-state index is 0.0517. The van der Waals surface area contributed by atoms with Gasteiger partial charge in [-0.2, -0.15) is 9.40 Å². The van der Waals surface area contributed by atoms with Gasteiger partial charge in [-0.25, -0.2) is 8.42 Å². The summed E-state index contributed by atoms with van der Waals surface area (Å²) in [5.41, 5.74) is 1.25. The van der Waals surface area contributed by atoms with Gasteiger partial charge in [0.15, 0.2) is 5.03 Å². The van der Waals surface area contributed by atoms with E-state index >= 15 is 0 Å². The molecule has 2 heterocycles. The van der Waals surface area contributed by atoms with E-state index in [2.05, 4.69) is 10.2 Å². The van der Waals surface area contributed by atoms with Gasteiger partial charge in [-0.05, 0) is 19.8 Å². The lowest BCUT2D eigenvalue weighted by Crippen LogP contribution is -2.40. The van der Waals surface area contributed by atoms with Crippen LogP contribution in [0.1, 0.15) is 24.1 Å². The van der Waals surface area contributed by atoms with E-state index in [4.69, 9.17) is 16.3 Å². The fourth-order valence-corrected chi connectivity index (χ4v) is 4.27. The molecule has 1 fully saturated rings. The fraction of sp³-hybridized carbons (Fsp3) is 0.727. The number of nitrogens with zero attached hydrogens (tertiary/aromatic N) is 2. The Balaban J connectivity index is 2.23. The molecule has 0 atom stereocenters. The predicted octanol–water partition coefficient (Wildman–Crippen LogP) is 1.26. The Labute approximate surface area is 118 Å². The van der Waals surface area contributed by atoms with Gasteiger partial charge in [0.25, 0.3) is 10.0 Å². The molecular weight excluding hydrogens is 290 g/mol. The highest BCUT2D eigenvalue weighted by Gasteiger charge is 2.33. The van der Waals surface area contributed by atoms with Crippen LogP contribution in [0.5, 0.6) is 0 Å². The number of sulfonamides is 1. The quantitative estimate of drug-likeness (QED) is 0.850. The van der Waals surface area contributed by atoms with Crippen LogP contribution in [-0.2, 0) is 20.6 Å². The number of hydrogen-bond donors (Lipinski definition) is 1. The van der Waals surface area contributed by atoms with Crippen LogP contribution < -0.4 is 0 Å². The van der Waals surface area contributed by atoms with Gasteiger partial charge in [0, 0.05) is 31.5 Å². The summed E-state index contributed by atoms with van der Waals surface area (Å²) >= 11 is 5.81. The van der Waals surface area contributed by atoms with Gasteiger partial charge in [0.1, 0.15) is 0 Å². The van der Waals surface area contributed by atoms with Crippen molar-refractivity contribution in [2.45, 2.75) is 36.8 Å². The molecule has 8 heteroatoms. The van der Waals surface area contributed by atoms with Crippen molar-refractivity contribution < 1.29 is 13.2 Å². The molecule has 1 aliphatic heterocycles. The van der Waals surface area contributed by atoms with Gasteiger partial charge < -0.3 is 4.74 Å². The van der Waals surface area contributed by atoms with Crippen LogP contribution in [-0.4, -0.2) is 49.2 Å². The number of aromatic nitrogens is 2. The third-order valence-electron chi connectivity index (χ3n) is 3.49. The van der Waals surface area contributed by atoms with E-state index in [-0.39, 0.29) is 17.0 Å². The monoisotopic (exact) mass is 307 g/mol. The standard InChI is InChI=1S/C11H18ClN3O3S/c1-8-10(7-12)11(14-13-8)19(16,17)15-5-3-9(18-2)4-6-15/h9H,3-7H2,1-2H3,(H,13,14). The van der Waals surface area contributed by atoms with Crippen molar-refractivity contribution in [1.29, 1.82) is 0 Å². The number of piperidine rings is 1. The average Bonchev–Trinajstić information content (AvgIpc) is 2.80. The Morgan fingerprint density at radius 2 is 2.11 bits per heavy atom. The number of aromatic amines is 1. The third-order valence-corrected chi connectivity index (χ3v) is 5.63. The smallest absolute Gasteiger partial charge is 0.262 e. The molecule has 1 aromatic rings. The molecule has 0 aliphatic carbocycles. The zero-order valence-corrected chi connectivity index (χ0v) is 12.6. The SMILES string of the molecule is COC1CCN(S(=O)(=O)c2n[nH]c(C)c2CCl)CC1. The second-order valence-electron chi connectivity index (χ2n) is 4.61. The molecule has 108 valence electrons. The van der Waals surface area contributed by atoms with Gasteiger partial charge >= 0.3 is 0 Å². The van der Waals surface area contributed by atoms with Crippen LogP contribution in [0.4, 0.5) is 0 Å². The summed E-state index contributed by atoms with van der Waals surface area (Å²) in [5, 5.41) is 6.64. The number of aryl methyl sites for hydroxylation is 1. The number of methoxy groups -OCH3 is 1. The number of nitrogens with one attached hydrogen (secondary N) is 1. The zero-order valence-electron chi connectivity index (χ0n) is 11.0. The summed E-state index contributed by atoms with van der Waals surface area (Å²) in [6.07, 6.45) is 1.55. The predicted molar refractivity (Wildman–Crippen MR) is 71.7 cm³/mol. The van der Waals surface area contributed by atoms with Crippen LogP contribution in [0.3, 0.4) is 0 Å². The largest absolute Gasteiger partial charge is 0.381 e. The van der Waals surface area contributed by atoms with Crippen molar-refractivity contribution >= 4 is 21.6 Å². The number of ether oxygens (including phenoxy) is 1. The number of hydrogen-bond acceptors (Lipinski definition) is 4. The van der Waals surface area contributed by atoms with Gasteiger partial charge in [-0.1, -0.05) is 0 Å². The molecule has 0 unspecified atom stereocenters. The van der Waals surface area contributed by atoms with E-state index in [1.54, 1.807) is 14.0 Å². The molecule has 0 spiro atoms. The number of H-pyrrole nitrogens is 1. The van der Waals surface area contributed by atoms with Crippen LogP contribution in [0.2, 0.25) is 0 Å². The Morgan fingerprint density at radius 3 is 2.63 bits per heavy atom. The van der Waals surface area contributed by atoms with Gasteiger partial charge in [-0.15, -0.1) is 11.6 Å². The molecule has 0 bridgehead atoms. The highest BCUT2D eigenvalue weighted by Crippen LogP contribution is 2.25. The van der Waals surface area contributed by atoms with Crippen molar-refractivity contribution in [3.8, 4) is 0 Å². The molecule has 19 heavy (non-hydrogen) atoms. The topological polar surface area (TPSA) is 75.3 Å². The Bertz CT molecular complexity index is 535. The number of alkyl halides is 1. The van der Waals surface area contributed by atoms with Crippen LogP contribution in [0.15, 0.2) is 5.03 Å². The van der Waals surface area contributed by atoms with E-state index < -0.39 is 10.0 Å². The number of halogens is 1. The van der Waals surface area contributed by atoms with E-state index in [1.807, 2.05) is 0 Å². The van der Waals surface area contributed by atoms with Gasteiger partial charge in [-0.3, -0.25) is 5.10 Å². The second-order valence-corrected chi connectivity index (χ2v) is 6.73. The van der Waals surface area contributed by atoms with Crippen LogP contribution in [0.25, 0.3) is 0 Å². The Hall–Kier alpha value is -0.630. The van der Waals surface area contributed by atoms with Crippen LogP contribution >= 0.6 is 11.6 Å². The fourth-order valence-electron chi connectivity index (χ4n) is 2.23. The Kier molecular flexibility index (Phi) is 4.50. The van der Waals surface area contributed by atoms with Crippen molar-refractivity contribution in [3.63, 3.8) is 0 Å². The lowest BCUT2D eigenvalue weighted by atomic mass is 10.1. The van der Waals surface area contributed by atoms with E-state index in [9.17, 15) is 8.42 Å². The molecule has 0 aromatic carbocycles. The maximum absolute atomic E-state index is 12.5. The first-order valence-electron chi connectivity index (χ1n) is 6.13. The minimum Gasteiger partial charge on any atom is -0.381 e. The van der Waals surface area contributed by atoms with E-state index in [0.29, 0.717) is 37.2 Å². The molecule has 0 radical (unpaired) electrons. The molecule has 1 saturated heterocycles. The van der Waals surface area contributed by atoms with Gasteiger partial charge in [0.2, 0.25) is 0 Å². The van der Waals surface area contributed by atoms with Crippen molar-refractivity contribution in [2.24, 2.45) is 0 Å². The molecule has 0 amide bonds. The summed E-state index contributed by atoms with van der Waals surface area (Å²) < 4.78 is 31.7. The summed E-state index contributed by atoms with van der Waals surface area (Å²) in [7, 11) is -1.91. The average molecular weight is 308 g/mol. The van der Waals surface area contributed by atoms with Crippen molar-refractivity contribution in [2.75, 3.05) is 20.2 Å². The minimum atomic E-state index is -3.56. The maximum atomic E-state index is 12.5. The highest BCUT2D eigenvalue weighted by atomic mass is 35.5. The van der Waals surface area contributed by atoms with E-state index in [0.717, 1.165) is 0 Å². The summed E-state index contributed by atoms with van der Waals surface area (Å²) in [5.74, 6) is 0.130. The van der Waals surface area contributed by atoms with E-state index in [1.165, 1.54) is 4.31 Å². The molecule has 0 saturated carbocycles. The molecule has 2 rings (SSSR count). The van der Waals surface area contributed by atoms with Crippen molar-refractivity contribution in [3.05, 3.63) is 11.3 Å². The molecule has 1 N–H and O–H groups in total. The normalized spacial score (nSPS) is 18.9. The molecule has 6 nitrogen and oxygen atoms in total. The van der Waals surface area contributed by atoms with Gasteiger partial charge in [0.05, 0.1) is 12.0 Å². The molecule has 1 aliphatic rings. The highest BCUT2D eigenvalue weighted by molar-refractivity contribution is 7.89. The first kappa shape index (κ1) is 14.8. The summed E-state index contributed by atoms with van der Waals surface area (Å²) in [6, 6.07) is 0. The summed E-state index contributed by atoms with van der Waals surface area (Å²) in [6.45, 7) is 2.67. The summed E-state index contributed by atoms with van der Waals surface area (Å²) in [4.78, 5) is 0. The first-order valence-corrected chi connectivity index (χ1v) is 8.11. The number of rotatable bonds is 4.